The molecule has 106 valence electrons. The number of hydrogen-bond acceptors (Lipinski definition) is 4. The number of aliphatic hydroxyl groups is 1. The average Bonchev–Trinajstić information content (AvgIpc) is 2.40. The van der Waals surface area contributed by atoms with E-state index in [9.17, 15) is 9.90 Å². The highest BCUT2D eigenvalue weighted by Crippen LogP contribution is 2.28. The van der Waals surface area contributed by atoms with E-state index in [0.717, 1.165) is 12.8 Å². The van der Waals surface area contributed by atoms with Crippen LogP contribution in [0.3, 0.4) is 0 Å². The number of hydrogen-bond donors (Lipinski definition) is 2. The molecule has 1 aromatic rings. The first-order chi connectivity index (χ1) is 9.10. The van der Waals surface area contributed by atoms with Gasteiger partial charge in [0.15, 0.2) is 0 Å². The standard InChI is InChI=1S/C15H23NO3/c1-3-5-6-13(15(18)19-4-2)14(17)11-7-9-12(16)10-8-11/h7-10,13-14,17H,3-6,16H2,1-2H3/t13-,14?/m1/s1. The quantitative estimate of drug-likeness (QED) is 0.587. The van der Waals surface area contributed by atoms with Crippen molar-refractivity contribution < 1.29 is 14.6 Å². The summed E-state index contributed by atoms with van der Waals surface area (Å²) in [5.41, 5.74) is 6.95. The largest absolute Gasteiger partial charge is 0.466 e. The lowest BCUT2D eigenvalue weighted by Gasteiger charge is -2.21. The number of unbranched alkanes of at least 4 members (excludes halogenated alkanes) is 1. The topological polar surface area (TPSA) is 72.5 Å². The van der Waals surface area contributed by atoms with E-state index >= 15 is 0 Å². The van der Waals surface area contributed by atoms with Crippen LogP contribution in [0.2, 0.25) is 0 Å². The third kappa shape index (κ3) is 4.56. The Morgan fingerprint density at radius 1 is 1.32 bits per heavy atom. The van der Waals surface area contributed by atoms with Crippen molar-refractivity contribution in [3.8, 4) is 0 Å². The number of carbonyl (C=O) groups excluding carboxylic acids is 1. The lowest BCUT2D eigenvalue weighted by molar-refractivity contribution is -0.152. The Morgan fingerprint density at radius 2 is 1.95 bits per heavy atom. The SMILES string of the molecule is CCCC[C@@H](C(=O)OCC)C(O)c1ccc(N)cc1. The molecule has 0 heterocycles. The molecule has 0 amide bonds. The Kier molecular flexibility index (Phi) is 6.36. The monoisotopic (exact) mass is 265 g/mol. The molecule has 0 aliphatic carbocycles. The first-order valence-electron chi connectivity index (χ1n) is 6.80. The average molecular weight is 265 g/mol. The minimum atomic E-state index is -0.841. The number of esters is 1. The smallest absolute Gasteiger partial charge is 0.311 e. The van der Waals surface area contributed by atoms with Crippen LogP contribution in [0.15, 0.2) is 24.3 Å². The normalized spacial score (nSPS) is 13.8. The van der Waals surface area contributed by atoms with E-state index < -0.39 is 12.0 Å². The van der Waals surface area contributed by atoms with Crippen molar-refractivity contribution >= 4 is 11.7 Å². The maximum atomic E-state index is 11.9. The lowest BCUT2D eigenvalue weighted by Crippen LogP contribution is -2.24. The minimum absolute atomic E-state index is 0.329. The molecule has 0 bridgehead atoms. The molecule has 4 heteroatoms. The highest BCUT2D eigenvalue weighted by molar-refractivity contribution is 5.73. The summed E-state index contributed by atoms with van der Waals surface area (Å²) in [6.07, 6.45) is 1.65. The van der Waals surface area contributed by atoms with E-state index in [0.29, 0.717) is 24.3 Å². The molecule has 4 nitrogen and oxygen atoms in total. The van der Waals surface area contributed by atoms with Gasteiger partial charge >= 0.3 is 5.97 Å². The second-order valence-electron chi connectivity index (χ2n) is 4.61. The summed E-state index contributed by atoms with van der Waals surface area (Å²) in [5.74, 6) is -0.844. The molecule has 0 spiro atoms. The van der Waals surface area contributed by atoms with Gasteiger partial charge in [-0.2, -0.15) is 0 Å². The Labute approximate surface area is 114 Å². The highest BCUT2D eigenvalue weighted by Gasteiger charge is 2.28. The van der Waals surface area contributed by atoms with Crippen LogP contribution in [0.4, 0.5) is 5.69 Å². The van der Waals surface area contributed by atoms with Crippen molar-refractivity contribution in [2.75, 3.05) is 12.3 Å². The first kappa shape index (κ1) is 15.5. The number of aliphatic hydroxyl groups excluding tert-OH is 1. The van der Waals surface area contributed by atoms with E-state index in [1.807, 2.05) is 0 Å². The van der Waals surface area contributed by atoms with Crippen LogP contribution < -0.4 is 5.73 Å². The van der Waals surface area contributed by atoms with Gasteiger partial charge in [-0.05, 0) is 31.0 Å². The second-order valence-corrected chi connectivity index (χ2v) is 4.61. The van der Waals surface area contributed by atoms with Gasteiger partial charge in [0.05, 0.1) is 18.6 Å². The van der Waals surface area contributed by atoms with Crippen molar-refractivity contribution in [1.29, 1.82) is 0 Å². The highest BCUT2D eigenvalue weighted by atomic mass is 16.5. The molecule has 0 fully saturated rings. The summed E-state index contributed by atoms with van der Waals surface area (Å²) in [6, 6.07) is 6.94. The summed E-state index contributed by atoms with van der Waals surface area (Å²) in [6.45, 7) is 4.15. The van der Waals surface area contributed by atoms with Gasteiger partial charge < -0.3 is 15.6 Å². The van der Waals surface area contributed by atoms with E-state index in [1.165, 1.54) is 0 Å². The predicted octanol–water partition coefficient (Wildman–Crippen LogP) is 2.67. The zero-order chi connectivity index (χ0) is 14.3. The number of nitrogen functional groups attached to an aromatic ring is 1. The zero-order valence-corrected chi connectivity index (χ0v) is 11.6. The second kappa shape index (κ2) is 7.79. The number of rotatable bonds is 7. The Balaban J connectivity index is 2.83. The van der Waals surface area contributed by atoms with Gasteiger partial charge in [-0.25, -0.2) is 0 Å². The summed E-state index contributed by atoms with van der Waals surface area (Å²) in [5, 5.41) is 10.4. The number of ether oxygens (including phenoxy) is 1. The Bertz CT molecular complexity index is 389. The molecule has 0 saturated heterocycles. The van der Waals surface area contributed by atoms with Gasteiger partial charge in [-0.15, -0.1) is 0 Å². The molecule has 1 aromatic carbocycles. The van der Waals surface area contributed by atoms with Crippen LogP contribution in [0, 0.1) is 5.92 Å². The van der Waals surface area contributed by atoms with Crippen molar-refractivity contribution in [3.63, 3.8) is 0 Å². The minimum Gasteiger partial charge on any atom is -0.466 e. The Hall–Kier alpha value is -1.55. The molecule has 1 unspecified atom stereocenters. The molecule has 3 N–H and O–H groups in total. The van der Waals surface area contributed by atoms with E-state index in [4.69, 9.17) is 10.5 Å². The van der Waals surface area contributed by atoms with Crippen LogP contribution in [0.1, 0.15) is 44.8 Å². The van der Waals surface area contributed by atoms with Gasteiger partial charge in [-0.1, -0.05) is 31.9 Å². The molecule has 2 atom stereocenters. The van der Waals surface area contributed by atoms with Crippen molar-refractivity contribution in [2.45, 2.75) is 39.2 Å². The lowest BCUT2D eigenvalue weighted by atomic mass is 9.91. The van der Waals surface area contributed by atoms with Crippen molar-refractivity contribution in [1.82, 2.24) is 0 Å². The van der Waals surface area contributed by atoms with Gasteiger partial charge in [0.2, 0.25) is 0 Å². The molecule has 0 aliphatic heterocycles. The zero-order valence-electron chi connectivity index (χ0n) is 11.6. The van der Waals surface area contributed by atoms with Crippen LogP contribution in [-0.4, -0.2) is 17.7 Å². The van der Waals surface area contributed by atoms with Crippen LogP contribution in [0.25, 0.3) is 0 Å². The Morgan fingerprint density at radius 3 is 2.47 bits per heavy atom. The molecular formula is C15H23NO3. The van der Waals surface area contributed by atoms with Crippen molar-refractivity contribution in [3.05, 3.63) is 29.8 Å². The molecule has 0 aliphatic rings. The molecule has 0 aromatic heterocycles. The van der Waals surface area contributed by atoms with E-state index in [2.05, 4.69) is 6.92 Å². The summed E-state index contributed by atoms with van der Waals surface area (Å²) in [7, 11) is 0. The van der Waals surface area contributed by atoms with Crippen LogP contribution in [0.5, 0.6) is 0 Å². The van der Waals surface area contributed by atoms with Crippen LogP contribution >= 0.6 is 0 Å². The summed E-state index contributed by atoms with van der Waals surface area (Å²) >= 11 is 0. The van der Waals surface area contributed by atoms with Gasteiger partial charge in [-0.3, -0.25) is 4.79 Å². The van der Waals surface area contributed by atoms with Gasteiger partial charge in [0.25, 0.3) is 0 Å². The molecule has 1 rings (SSSR count). The van der Waals surface area contributed by atoms with Crippen molar-refractivity contribution in [2.24, 2.45) is 5.92 Å². The van der Waals surface area contributed by atoms with E-state index in [1.54, 1.807) is 31.2 Å². The molecule has 0 saturated carbocycles. The fraction of sp³-hybridized carbons (Fsp3) is 0.533. The summed E-state index contributed by atoms with van der Waals surface area (Å²) in [4.78, 5) is 11.9. The fourth-order valence-electron chi connectivity index (χ4n) is 2.00. The maximum Gasteiger partial charge on any atom is 0.311 e. The molecule has 0 radical (unpaired) electrons. The number of nitrogens with two attached hydrogens (primary N) is 1. The van der Waals surface area contributed by atoms with E-state index in [-0.39, 0.29) is 5.97 Å². The predicted molar refractivity (Wildman–Crippen MR) is 75.5 cm³/mol. The number of anilines is 1. The third-order valence-electron chi connectivity index (χ3n) is 3.12. The fourth-order valence-corrected chi connectivity index (χ4v) is 2.00. The molecule has 19 heavy (non-hydrogen) atoms. The first-order valence-corrected chi connectivity index (χ1v) is 6.80. The maximum absolute atomic E-state index is 11.9. The van der Waals surface area contributed by atoms with Gasteiger partial charge in [0.1, 0.15) is 0 Å². The molecular weight excluding hydrogens is 242 g/mol. The van der Waals surface area contributed by atoms with Crippen LogP contribution in [-0.2, 0) is 9.53 Å². The van der Waals surface area contributed by atoms with Gasteiger partial charge in [0, 0.05) is 5.69 Å². The number of benzene rings is 1. The summed E-state index contributed by atoms with van der Waals surface area (Å²) < 4.78 is 5.04. The third-order valence-corrected chi connectivity index (χ3v) is 3.12. The number of carbonyl (C=O) groups is 1.